The quantitative estimate of drug-likeness (QED) is 0.780. The van der Waals surface area contributed by atoms with Crippen molar-refractivity contribution in [1.82, 2.24) is 10.2 Å². The van der Waals surface area contributed by atoms with E-state index in [0.717, 1.165) is 25.9 Å². The lowest BCUT2D eigenvalue weighted by molar-refractivity contribution is -0.135. The summed E-state index contributed by atoms with van der Waals surface area (Å²) in [7, 11) is 0. The van der Waals surface area contributed by atoms with E-state index in [-0.39, 0.29) is 23.8 Å². The number of carbonyl (C=O) groups excluding carboxylic acids is 2. The van der Waals surface area contributed by atoms with Gasteiger partial charge in [-0.2, -0.15) is 0 Å². The lowest BCUT2D eigenvalue weighted by Gasteiger charge is -2.33. The fraction of sp³-hybridized carbons (Fsp3) is 0.833. The van der Waals surface area contributed by atoms with Crippen molar-refractivity contribution < 1.29 is 9.59 Å². The summed E-state index contributed by atoms with van der Waals surface area (Å²) in [6.07, 6.45) is 1.63. The highest BCUT2D eigenvalue weighted by Gasteiger charge is 2.25. The number of piperidine rings is 1. The van der Waals surface area contributed by atoms with Crippen molar-refractivity contribution >= 4 is 23.4 Å². The maximum absolute atomic E-state index is 11.8. The summed E-state index contributed by atoms with van der Waals surface area (Å²) in [6.45, 7) is 6.92. The zero-order chi connectivity index (χ0) is 13.0. The fourth-order valence-corrected chi connectivity index (χ4v) is 1.99. The van der Waals surface area contributed by atoms with E-state index in [1.807, 2.05) is 18.7 Å². The van der Waals surface area contributed by atoms with E-state index < -0.39 is 5.38 Å². The topological polar surface area (TPSA) is 49.4 Å². The Balaban J connectivity index is 2.36. The number of likely N-dealkylation sites (tertiary alicyclic amines) is 1. The molecule has 1 heterocycles. The molecule has 4 nitrogen and oxygen atoms in total. The van der Waals surface area contributed by atoms with Crippen LogP contribution in [0.5, 0.6) is 0 Å². The number of carbonyl (C=O) groups is 2. The van der Waals surface area contributed by atoms with Gasteiger partial charge in [-0.05, 0) is 19.8 Å². The summed E-state index contributed by atoms with van der Waals surface area (Å²) in [5.74, 6) is 0.116. The van der Waals surface area contributed by atoms with Crippen LogP contribution in [0.1, 0.15) is 33.6 Å². The smallest absolute Gasteiger partial charge is 0.237 e. The highest BCUT2D eigenvalue weighted by Crippen LogP contribution is 2.13. The van der Waals surface area contributed by atoms with Gasteiger partial charge in [-0.1, -0.05) is 13.8 Å². The van der Waals surface area contributed by atoms with Gasteiger partial charge in [0.25, 0.3) is 0 Å². The van der Waals surface area contributed by atoms with Gasteiger partial charge in [0, 0.05) is 25.0 Å². The number of halogens is 1. The van der Waals surface area contributed by atoms with E-state index in [9.17, 15) is 9.59 Å². The number of nitrogens with one attached hydrogen (secondary N) is 1. The molecular weight excluding hydrogens is 240 g/mol. The minimum Gasteiger partial charge on any atom is -0.352 e. The predicted octanol–water partition coefficient (Wildman–Crippen LogP) is 1.38. The average molecular weight is 261 g/mol. The molecule has 0 aliphatic carbocycles. The molecule has 5 heteroatoms. The van der Waals surface area contributed by atoms with Crippen molar-refractivity contribution in [2.75, 3.05) is 13.1 Å². The van der Waals surface area contributed by atoms with Gasteiger partial charge >= 0.3 is 0 Å². The lowest BCUT2D eigenvalue weighted by atomic mass is 10.0. The van der Waals surface area contributed by atoms with Crippen LogP contribution in [0, 0.1) is 5.92 Å². The van der Waals surface area contributed by atoms with Crippen molar-refractivity contribution in [1.29, 1.82) is 0 Å². The molecule has 1 rings (SSSR count). The summed E-state index contributed by atoms with van der Waals surface area (Å²) in [5, 5.41) is 2.40. The molecule has 1 saturated heterocycles. The van der Waals surface area contributed by atoms with E-state index in [1.54, 1.807) is 6.92 Å². The van der Waals surface area contributed by atoms with Crippen LogP contribution >= 0.6 is 11.6 Å². The first-order valence-electron chi connectivity index (χ1n) is 6.15. The molecule has 0 aromatic rings. The molecule has 0 radical (unpaired) electrons. The van der Waals surface area contributed by atoms with Crippen molar-refractivity contribution in [3.05, 3.63) is 0 Å². The van der Waals surface area contributed by atoms with Crippen LogP contribution < -0.4 is 5.32 Å². The third-order valence-electron chi connectivity index (χ3n) is 3.01. The number of rotatable bonds is 3. The Morgan fingerprint density at radius 3 is 2.18 bits per heavy atom. The molecule has 17 heavy (non-hydrogen) atoms. The molecule has 0 saturated carbocycles. The SMILES string of the molecule is CC(C)C(=O)N1CCC(NC(=O)C(C)Cl)CC1. The Morgan fingerprint density at radius 2 is 1.76 bits per heavy atom. The van der Waals surface area contributed by atoms with Gasteiger partial charge in [0.1, 0.15) is 5.38 Å². The Bertz CT molecular complexity index is 284. The van der Waals surface area contributed by atoms with Gasteiger partial charge in [-0.25, -0.2) is 0 Å². The molecule has 2 amide bonds. The van der Waals surface area contributed by atoms with Gasteiger partial charge in [-0.3, -0.25) is 9.59 Å². The second-order valence-corrected chi connectivity index (χ2v) is 5.53. The van der Waals surface area contributed by atoms with Gasteiger partial charge < -0.3 is 10.2 Å². The van der Waals surface area contributed by atoms with Crippen LogP contribution in [0.2, 0.25) is 0 Å². The highest BCUT2D eigenvalue weighted by atomic mass is 35.5. The number of hydrogen-bond acceptors (Lipinski definition) is 2. The summed E-state index contributed by atoms with van der Waals surface area (Å²) in [6, 6.07) is 0.153. The first-order valence-corrected chi connectivity index (χ1v) is 6.58. The van der Waals surface area contributed by atoms with Crippen LogP contribution in [0.25, 0.3) is 0 Å². The van der Waals surface area contributed by atoms with E-state index in [0.29, 0.717) is 0 Å². The molecule has 1 atom stereocenters. The van der Waals surface area contributed by atoms with E-state index >= 15 is 0 Å². The van der Waals surface area contributed by atoms with Gasteiger partial charge in [-0.15, -0.1) is 11.6 Å². The number of alkyl halides is 1. The Labute approximate surface area is 108 Å². The first-order chi connectivity index (χ1) is 7.91. The van der Waals surface area contributed by atoms with Crippen LogP contribution in [0.15, 0.2) is 0 Å². The van der Waals surface area contributed by atoms with Crippen molar-refractivity contribution in [2.45, 2.75) is 45.0 Å². The highest BCUT2D eigenvalue weighted by molar-refractivity contribution is 6.30. The summed E-state index contributed by atoms with van der Waals surface area (Å²) < 4.78 is 0. The minimum absolute atomic E-state index is 0.0454. The summed E-state index contributed by atoms with van der Waals surface area (Å²) >= 11 is 5.69. The van der Waals surface area contributed by atoms with Gasteiger partial charge in [0.15, 0.2) is 0 Å². The summed E-state index contributed by atoms with van der Waals surface area (Å²) in [4.78, 5) is 25.0. The molecule has 0 aromatic carbocycles. The molecule has 1 aliphatic rings. The Kier molecular flexibility index (Phi) is 5.25. The molecule has 1 aliphatic heterocycles. The van der Waals surface area contributed by atoms with Crippen molar-refractivity contribution in [2.24, 2.45) is 5.92 Å². The van der Waals surface area contributed by atoms with Crippen LogP contribution in [0.3, 0.4) is 0 Å². The summed E-state index contributed by atoms with van der Waals surface area (Å²) in [5.41, 5.74) is 0. The number of amides is 2. The van der Waals surface area contributed by atoms with E-state index in [4.69, 9.17) is 11.6 Å². The Morgan fingerprint density at radius 1 is 1.24 bits per heavy atom. The standard InChI is InChI=1S/C12H21ClN2O2/c1-8(2)12(17)15-6-4-10(5-7-15)14-11(16)9(3)13/h8-10H,4-7H2,1-3H3,(H,14,16). The monoisotopic (exact) mass is 260 g/mol. The third kappa shape index (κ3) is 4.19. The second kappa shape index (κ2) is 6.24. The van der Waals surface area contributed by atoms with Gasteiger partial charge in [0.2, 0.25) is 11.8 Å². The maximum Gasteiger partial charge on any atom is 0.237 e. The minimum atomic E-state index is -0.495. The molecular formula is C12H21ClN2O2. The maximum atomic E-state index is 11.8. The molecule has 0 bridgehead atoms. The molecule has 0 spiro atoms. The predicted molar refractivity (Wildman–Crippen MR) is 67.9 cm³/mol. The molecule has 1 N–H and O–H groups in total. The molecule has 1 fully saturated rings. The van der Waals surface area contributed by atoms with Crippen LogP contribution in [0.4, 0.5) is 0 Å². The lowest BCUT2D eigenvalue weighted by Crippen LogP contribution is -2.48. The fourth-order valence-electron chi connectivity index (χ4n) is 1.93. The third-order valence-corrected chi connectivity index (χ3v) is 3.21. The van der Waals surface area contributed by atoms with Crippen LogP contribution in [-0.4, -0.2) is 41.2 Å². The normalized spacial score (nSPS) is 19.2. The van der Waals surface area contributed by atoms with Crippen molar-refractivity contribution in [3.63, 3.8) is 0 Å². The zero-order valence-corrected chi connectivity index (χ0v) is 11.5. The number of hydrogen-bond donors (Lipinski definition) is 1. The van der Waals surface area contributed by atoms with E-state index in [2.05, 4.69) is 5.32 Å². The zero-order valence-electron chi connectivity index (χ0n) is 10.7. The molecule has 1 unspecified atom stereocenters. The van der Waals surface area contributed by atoms with Crippen molar-refractivity contribution in [3.8, 4) is 0 Å². The number of nitrogens with zero attached hydrogens (tertiary/aromatic N) is 1. The average Bonchev–Trinajstić information content (AvgIpc) is 2.28. The van der Waals surface area contributed by atoms with E-state index in [1.165, 1.54) is 0 Å². The first kappa shape index (κ1) is 14.3. The largest absolute Gasteiger partial charge is 0.352 e. The van der Waals surface area contributed by atoms with Gasteiger partial charge in [0.05, 0.1) is 0 Å². The molecule has 98 valence electrons. The molecule has 0 aromatic heterocycles. The Hall–Kier alpha value is -0.770. The second-order valence-electron chi connectivity index (χ2n) is 4.88. The van der Waals surface area contributed by atoms with Crippen LogP contribution in [-0.2, 0) is 9.59 Å².